The van der Waals surface area contributed by atoms with Crippen molar-refractivity contribution in [1.82, 2.24) is 4.98 Å². The molecule has 1 amide bonds. The summed E-state index contributed by atoms with van der Waals surface area (Å²) in [6, 6.07) is 10.4. The number of carbonyl (C=O) groups is 1. The van der Waals surface area contributed by atoms with Crippen LogP contribution in [0.15, 0.2) is 36.5 Å². The summed E-state index contributed by atoms with van der Waals surface area (Å²) >= 11 is 0. The number of hydrogen-bond donors (Lipinski definition) is 1. The van der Waals surface area contributed by atoms with E-state index in [-0.39, 0.29) is 11.8 Å². The molecule has 2 aromatic rings. The van der Waals surface area contributed by atoms with Crippen LogP contribution in [0.3, 0.4) is 0 Å². The van der Waals surface area contributed by atoms with Crippen LogP contribution < -0.4 is 15.1 Å². The summed E-state index contributed by atoms with van der Waals surface area (Å²) in [4.78, 5) is 22.8. The molecular formula is C26H32N4O3. The first kappa shape index (κ1) is 20.9. The quantitative estimate of drug-likeness (QED) is 0.755. The molecule has 2 aliphatic heterocycles. The fourth-order valence-electron chi connectivity index (χ4n) is 5.27. The van der Waals surface area contributed by atoms with Gasteiger partial charge in [0, 0.05) is 36.5 Å². The van der Waals surface area contributed by atoms with Crippen LogP contribution in [0.4, 0.5) is 22.9 Å². The summed E-state index contributed by atoms with van der Waals surface area (Å²) in [6.45, 7) is 3.74. The molecular weight excluding hydrogens is 416 g/mol. The van der Waals surface area contributed by atoms with E-state index in [1.807, 2.05) is 11.0 Å². The third kappa shape index (κ3) is 4.44. The third-order valence-corrected chi connectivity index (χ3v) is 7.32. The average molecular weight is 449 g/mol. The van der Waals surface area contributed by atoms with Gasteiger partial charge in [-0.3, -0.25) is 4.79 Å². The Morgan fingerprint density at radius 3 is 2.55 bits per heavy atom. The van der Waals surface area contributed by atoms with Gasteiger partial charge in [0.2, 0.25) is 5.91 Å². The number of aromatic nitrogens is 1. The van der Waals surface area contributed by atoms with Gasteiger partial charge < -0.3 is 24.6 Å². The van der Waals surface area contributed by atoms with Crippen molar-refractivity contribution >= 4 is 28.8 Å². The SMILES string of the molecule is O=C([C@H]1CC[C@@H](OC2CC2)CC1)N1Cc2cccnc2Nc2ccc(N3CCOCC3)cc21. The fraction of sp³-hybridized carbons (Fsp3) is 0.538. The lowest BCUT2D eigenvalue weighted by Crippen LogP contribution is -2.39. The molecule has 6 rings (SSSR count). The standard InChI is InChI=1S/C26H32N4O3/c31-26(18-3-6-21(7-4-18)33-22-8-9-22)30-17-19-2-1-11-27-25(19)28-23-10-5-20(16-24(23)30)29-12-14-32-15-13-29/h1-2,5,10-11,16,18,21-22H,3-4,6-9,12-15,17H2,(H,27,28)/t18-,21+. The smallest absolute Gasteiger partial charge is 0.230 e. The van der Waals surface area contributed by atoms with Gasteiger partial charge in [0.1, 0.15) is 5.82 Å². The highest BCUT2D eigenvalue weighted by atomic mass is 16.5. The normalized spacial score (nSPS) is 25.0. The van der Waals surface area contributed by atoms with Crippen molar-refractivity contribution < 1.29 is 14.3 Å². The van der Waals surface area contributed by atoms with Crippen molar-refractivity contribution in [1.29, 1.82) is 0 Å². The number of benzene rings is 1. The molecule has 0 spiro atoms. The molecule has 3 heterocycles. The average Bonchev–Trinajstić information content (AvgIpc) is 3.70. The number of rotatable bonds is 4. The first-order valence-corrected chi connectivity index (χ1v) is 12.4. The van der Waals surface area contributed by atoms with Crippen molar-refractivity contribution in [2.24, 2.45) is 5.92 Å². The predicted molar refractivity (Wildman–Crippen MR) is 128 cm³/mol. The second-order valence-corrected chi connectivity index (χ2v) is 9.67. The van der Waals surface area contributed by atoms with Crippen LogP contribution in [0, 0.1) is 5.92 Å². The molecule has 2 aliphatic carbocycles. The van der Waals surface area contributed by atoms with Crippen molar-refractivity contribution in [3.05, 3.63) is 42.1 Å². The number of amides is 1. The number of morpholine rings is 1. The van der Waals surface area contributed by atoms with Gasteiger partial charge in [0.25, 0.3) is 0 Å². The Morgan fingerprint density at radius 1 is 1.03 bits per heavy atom. The molecule has 33 heavy (non-hydrogen) atoms. The second-order valence-electron chi connectivity index (χ2n) is 9.67. The Morgan fingerprint density at radius 2 is 1.79 bits per heavy atom. The first-order chi connectivity index (χ1) is 16.2. The van der Waals surface area contributed by atoms with Crippen molar-refractivity contribution in [3.63, 3.8) is 0 Å². The molecule has 0 radical (unpaired) electrons. The minimum atomic E-state index is 0.0437. The van der Waals surface area contributed by atoms with Gasteiger partial charge in [-0.25, -0.2) is 4.98 Å². The molecule has 0 unspecified atom stereocenters. The van der Waals surface area contributed by atoms with E-state index in [2.05, 4.69) is 39.5 Å². The summed E-state index contributed by atoms with van der Waals surface area (Å²) in [5, 5.41) is 3.49. The molecule has 1 aromatic heterocycles. The Labute approximate surface area is 195 Å². The first-order valence-electron chi connectivity index (χ1n) is 12.4. The van der Waals surface area contributed by atoms with Crippen LogP contribution in [-0.2, 0) is 20.8 Å². The van der Waals surface area contributed by atoms with Crippen LogP contribution in [0.1, 0.15) is 44.1 Å². The molecule has 1 aromatic carbocycles. The Hall–Kier alpha value is -2.64. The summed E-state index contributed by atoms with van der Waals surface area (Å²) in [5.74, 6) is 1.09. The number of anilines is 4. The number of nitrogens with one attached hydrogen (secondary N) is 1. The second kappa shape index (κ2) is 8.95. The molecule has 4 aliphatic rings. The largest absolute Gasteiger partial charge is 0.378 e. The number of nitrogens with zero attached hydrogens (tertiary/aromatic N) is 3. The number of fused-ring (bicyclic) bond motifs is 2. The van der Waals surface area contributed by atoms with Gasteiger partial charge in [0.05, 0.1) is 43.3 Å². The van der Waals surface area contributed by atoms with Gasteiger partial charge in [-0.05, 0) is 62.8 Å². The maximum Gasteiger partial charge on any atom is 0.230 e. The molecule has 0 bridgehead atoms. The van der Waals surface area contributed by atoms with Gasteiger partial charge in [0.15, 0.2) is 0 Å². The summed E-state index contributed by atoms with van der Waals surface area (Å²) in [6.07, 6.45) is 8.79. The van der Waals surface area contributed by atoms with E-state index in [1.54, 1.807) is 6.20 Å². The number of carbonyl (C=O) groups excluding carboxylic acids is 1. The highest BCUT2D eigenvalue weighted by Crippen LogP contribution is 2.40. The van der Waals surface area contributed by atoms with Crippen LogP contribution in [0.25, 0.3) is 0 Å². The minimum absolute atomic E-state index is 0.0437. The zero-order chi connectivity index (χ0) is 22.2. The highest BCUT2D eigenvalue weighted by Gasteiger charge is 2.35. The Kier molecular flexibility index (Phi) is 5.68. The summed E-state index contributed by atoms with van der Waals surface area (Å²) in [5.41, 5.74) is 4.06. The minimum Gasteiger partial charge on any atom is -0.378 e. The van der Waals surface area contributed by atoms with E-state index in [0.29, 0.717) is 18.8 Å². The zero-order valence-electron chi connectivity index (χ0n) is 19.0. The number of ether oxygens (including phenoxy) is 2. The van der Waals surface area contributed by atoms with Gasteiger partial charge in [-0.1, -0.05) is 6.07 Å². The van der Waals surface area contributed by atoms with Crippen molar-refractivity contribution in [2.45, 2.75) is 57.3 Å². The molecule has 7 heteroatoms. The Bertz CT molecular complexity index is 1010. The molecule has 174 valence electrons. The van der Waals surface area contributed by atoms with Crippen molar-refractivity contribution in [2.75, 3.05) is 41.4 Å². The number of hydrogen-bond acceptors (Lipinski definition) is 6. The summed E-state index contributed by atoms with van der Waals surface area (Å²) < 4.78 is 11.7. The molecule has 0 atom stereocenters. The zero-order valence-corrected chi connectivity index (χ0v) is 19.0. The lowest BCUT2D eigenvalue weighted by molar-refractivity contribution is -0.124. The molecule has 2 saturated carbocycles. The maximum atomic E-state index is 13.9. The lowest BCUT2D eigenvalue weighted by Gasteiger charge is -2.33. The van der Waals surface area contributed by atoms with E-state index in [4.69, 9.17) is 9.47 Å². The van der Waals surface area contributed by atoms with E-state index < -0.39 is 0 Å². The van der Waals surface area contributed by atoms with E-state index in [9.17, 15) is 4.79 Å². The monoisotopic (exact) mass is 448 g/mol. The lowest BCUT2D eigenvalue weighted by atomic mass is 9.86. The molecule has 1 N–H and O–H groups in total. The van der Waals surface area contributed by atoms with Crippen LogP contribution >= 0.6 is 0 Å². The van der Waals surface area contributed by atoms with E-state index >= 15 is 0 Å². The van der Waals surface area contributed by atoms with Crippen LogP contribution in [0.5, 0.6) is 0 Å². The molecule has 3 fully saturated rings. The van der Waals surface area contributed by atoms with Gasteiger partial charge >= 0.3 is 0 Å². The third-order valence-electron chi connectivity index (χ3n) is 7.32. The van der Waals surface area contributed by atoms with Crippen LogP contribution in [-0.4, -0.2) is 49.4 Å². The number of pyridine rings is 1. The summed E-state index contributed by atoms with van der Waals surface area (Å²) in [7, 11) is 0. The molecule has 7 nitrogen and oxygen atoms in total. The molecule has 1 saturated heterocycles. The van der Waals surface area contributed by atoms with E-state index in [0.717, 1.165) is 80.4 Å². The van der Waals surface area contributed by atoms with Crippen molar-refractivity contribution in [3.8, 4) is 0 Å². The van der Waals surface area contributed by atoms with Gasteiger partial charge in [-0.2, -0.15) is 0 Å². The highest BCUT2D eigenvalue weighted by molar-refractivity contribution is 6.00. The Balaban J connectivity index is 1.28. The predicted octanol–water partition coefficient (Wildman–Crippen LogP) is 4.25. The topological polar surface area (TPSA) is 66.9 Å². The maximum absolute atomic E-state index is 13.9. The van der Waals surface area contributed by atoms with Crippen LogP contribution in [0.2, 0.25) is 0 Å². The van der Waals surface area contributed by atoms with Gasteiger partial charge in [-0.15, -0.1) is 0 Å². The van der Waals surface area contributed by atoms with E-state index in [1.165, 1.54) is 12.8 Å². The fourth-order valence-corrected chi connectivity index (χ4v) is 5.27.